The molecule has 2 aromatic heterocycles. The van der Waals surface area contributed by atoms with Gasteiger partial charge < -0.3 is 5.73 Å². The minimum absolute atomic E-state index is 0.487. The normalized spacial score (nSPS) is 11.1. The summed E-state index contributed by atoms with van der Waals surface area (Å²) in [4.78, 5) is 8.64. The SMILES string of the molecule is Cc1nn(-c2ncnc3ccccc23)c(C)c1CN. The van der Waals surface area contributed by atoms with Gasteiger partial charge in [0.25, 0.3) is 0 Å². The van der Waals surface area contributed by atoms with E-state index in [9.17, 15) is 0 Å². The predicted molar refractivity (Wildman–Crippen MR) is 74.0 cm³/mol. The highest BCUT2D eigenvalue weighted by molar-refractivity contribution is 5.84. The summed E-state index contributed by atoms with van der Waals surface area (Å²) >= 11 is 0. The van der Waals surface area contributed by atoms with Crippen molar-refractivity contribution >= 4 is 10.9 Å². The van der Waals surface area contributed by atoms with E-state index in [0.29, 0.717) is 6.54 Å². The van der Waals surface area contributed by atoms with Gasteiger partial charge in [-0.2, -0.15) is 5.10 Å². The number of aromatic nitrogens is 4. The van der Waals surface area contributed by atoms with Crippen molar-refractivity contribution < 1.29 is 0 Å². The summed E-state index contributed by atoms with van der Waals surface area (Å²) in [6.45, 7) is 4.47. The molecular formula is C14H15N5. The molecule has 0 saturated heterocycles. The summed E-state index contributed by atoms with van der Waals surface area (Å²) in [5.41, 5.74) is 9.73. The van der Waals surface area contributed by atoms with Crippen LogP contribution >= 0.6 is 0 Å². The number of aryl methyl sites for hydroxylation is 1. The number of rotatable bonds is 2. The number of fused-ring (bicyclic) bond motifs is 1. The van der Waals surface area contributed by atoms with E-state index in [1.807, 2.05) is 42.8 Å². The van der Waals surface area contributed by atoms with Gasteiger partial charge in [-0.1, -0.05) is 12.1 Å². The molecule has 0 bridgehead atoms. The van der Waals surface area contributed by atoms with Crippen LogP contribution in [0.25, 0.3) is 16.7 Å². The third kappa shape index (κ3) is 1.79. The number of nitrogens with two attached hydrogens (primary N) is 1. The lowest BCUT2D eigenvalue weighted by Gasteiger charge is -2.07. The average molecular weight is 253 g/mol. The average Bonchev–Trinajstić information content (AvgIpc) is 2.72. The van der Waals surface area contributed by atoms with Crippen LogP contribution in [-0.4, -0.2) is 19.7 Å². The molecule has 0 aliphatic carbocycles. The highest BCUT2D eigenvalue weighted by atomic mass is 15.3. The zero-order valence-corrected chi connectivity index (χ0v) is 11.0. The molecule has 0 atom stereocenters. The Morgan fingerprint density at radius 2 is 1.95 bits per heavy atom. The maximum atomic E-state index is 5.77. The van der Waals surface area contributed by atoms with Gasteiger partial charge >= 0.3 is 0 Å². The van der Waals surface area contributed by atoms with Crippen LogP contribution in [0.15, 0.2) is 30.6 Å². The smallest absolute Gasteiger partial charge is 0.164 e. The van der Waals surface area contributed by atoms with Crippen molar-refractivity contribution in [3.8, 4) is 5.82 Å². The Kier molecular flexibility index (Phi) is 2.76. The quantitative estimate of drug-likeness (QED) is 0.757. The van der Waals surface area contributed by atoms with Gasteiger partial charge in [0.15, 0.2) is 5.82 Å². The Morgan fingerprint density at radius 3 is 2.68 bits per heavy atom. The van der Waals surface area contributed by atoms with E-state index in [0.717, 1.165) is 33.7 Å². The van der Waals surface area contributed by atoms with Crippen molar-refractivity contribution in [1.82, 2.24) is 19.7 Å². The highest BCUT2D eigenvalue weighted by Gasteiger charge is 2.14. The summed E-state index contributed by atoms with van der Waals surface area (Å²) in [7, 11) is 0. The Morgan fingerprint density at radius 1 is 1.16 bits per heavy atom. The monoisotopic (exact) mass is 253 g/mol. The van der Waals surface area contributed by atoms with Crippen LogP contribution in [-0.2, 0) is 6.54 Å². The predicted octanol–water partition coefficient (Wildman–Crippen LogP) is 1.89. The zero-order valence-electron chi connectivity index (χ0n) is 11.0. The summed E-state index contributed by atoms with van der Waals surface area (Å²) in [6, 6.07) is 7.91. The Labute approximate surface area is 111 Å². The second kappa shape index (κ2) is 4.44. The number of hydrogen-bond donors (Lipinski definition) is 1. The Bertz CT molecular complexity index is 739. The standard InChI is InChI=1S/C14H15N5/c1-9-12(7-15)10(2)19(18-9)14-11-5-3-4-6-13(11)16-8-17-14/h3-6,8H,7,15H2,1-2H3. The maximum absolute atomic E-state index is 5.77. The largest absolute Gasteiger partial charge is 0.326 e. The van der Waals surface area contributed by atoms with Crippen LogP contribution < -0.4 is 5.73 Å². The van der Waals surface area contributed by atoms with Crippen LogP contribution in [0.3, 0.4) is 0 Å². The molecule has 0 unspecified atom stereocenters. The molecule has 3 rings (SSSR count). The fraction of sp³-hybridized carbons (Fsp3) is 0.214. The maximum Gasteiger partial charge on any atom is 0.164 e. The van der Waals surface area contributed by atoms with Crippen molar-refractivity contribution in [2.75, 3.05) is 0 Å². The first-order chi connectivity index (χ1) is 9.22. The van der Waals surface area contributed by atoms with E-state index in [-0.39, 0.29) is 0 Å². The lowest BCUT2D eigenvalue weighted by atomic mass is 10.2. The lowest BCUT2D eigenvalue weighted by Crippen LogP contribution is -2.05. The van der Waals surface area contributed by atoms with E-state index in [2.05, 4.69) is 15.1 Å². The molecule has 0 amide bonds. The number of para-hydroxylation sites is 1. The van der Waals surface area contributed by atoms with E-state index in [4.69, 9.17) is 5.73 Å². The van der Waals surface area contributed by atoms with Crippen molar-refractivity contribution in [3.63, 3.8) is 0 Å². The van der Waals surface area contributed by atoms with Crippen LogP contribution in [0, 0.1) is 13.8 Å². The molecule has 96 valence electrons. The second-order valence-corrected chi connectivity index (χ2v) is 4.48. The van der Waals surface area contributed by atoms with Gasteiger partial charge in [0.05, 0.1) is 11.2 Å². The molecule has 0 saturated carbocycles. The van der Waals surface area contributed by atoms with Crippen molar-refractivity contribution in [1.29, 1.82) is 0 Å². The summed E-state index contributed by atoms with van der Waals surface area (Å²) in [5, 5.41) is 5.53. The molecule has 2 heterocycles. The molecule has 19 heavy (non-hydrogen) atoms. The van der Waals surface area contributed by atoms with Gasteiger partial charge in [-0.15, -0.1) is 0 Å². The first kappa shape index (κ1) is 11.8. The van der Waals surface area contributed by atoms with E-state index in [1.165, 1.54) is 0 Å². The number of benzene rings is 1. The molecule has 1 aromatic carbocycles. The third-order valence-corrected chi connectivity index (χ3v) is 3.37. The Hall–Kier alpha value is -2.27. The van der Waals surface area contributed by atoms with Crippen LogP contribution in [0.2, 0.25) is 0 Å². The summed E-state index contributed by atoms with van der Waals surface area (Å²) in [6.07, 6.45) is 1.57. The Balaban J connectivity index is 2.31. The van der Waals surface area contributed by atoms with Gasteiger partial charge in [0.1, 0.15) is 6.33 Å². The summed E-state index contributed by atoms with van der Waals surface area (Å²) < 4.78 is 1.85. The zero-order chi connectivity index (χ0) is 13.4. The lowest BCUT2D eigenvalue weighted by molar-refractivity contribution is 0.809. The van der Waals surface area contributed by atoms with Crippen molar-refractivity contribution in [2.24, 2.45) is 5.73 Å². The molecule has 0 spiro atoms. The minimum Gasteiger partial charge on any atom is -0.326 e. The molecule has 0 aliphatic rings. The minimum atomic E-state index is 0.487. The first-order valence-corrected chi connectivity index (χ1v) is 6.17. The second-order valence-electron chi connectivity index (χ2n) is 4.48. The fourth-order valence-corrected chi connectivity index (χ4v) is 2.34. The van der Waals surface area contributed by atoms with Gasteiger partial charge in [0, 0.05) is 23.2 Å². The van der Waals surface area contributed by atoms with Crippen molar-refractivity contribution in [3.05, 3.63) is 47.5 Å². The highest BCUT2D eigenvalue weighted by Crippen LogP contribution is 2.21. The molecule has 2 N–H and O–H groups in total. The van der Waals surface area contributed by atoms with Crippen LogP contribution in [0.5, 0.6) is 0 Å². The molecular weight excluding hydrogens is 238 g/mol. The molecule has 0 fully saturated rings. The molecule has 0 radical (unpaired) electrons. The van der Waals surface area contributed by atoms with Gasteiger partial charge in [-0.25, -0.2) is 14.6 Å². The van der Waals surface area contributed by atoms with Crippen molar-refractivity contribution in [2.45, 2.75) is 20.4 Å². The summed E-state index contributed by atoms with van der Waals surface area (Å²) in [5.74, 6) is 0.797. The van der Waals surface area contributed by atoms with E-state index >= 15 is 0 Å². The third-order valence-electron chi connectivity index (χ3n) is 3.37. The molecule has 5 heteroatoms. The van der Waals surface area contributed by atoms with Gasteiger partial charge in [-0.05, 0) is 26.0 Å². The van der Waals surface area contributed by atoms with Gasteiger partial charge in [-0.3, -0.25) is 0 Å². The van der Waals surface area contributed by atoms with E-state index in [1.54, 1.807) is 6.33 Å². The first-order valence-electron chi connectivity index (χ1n) is 6.17. The number of hydrogen-bond acceptors (Lipinski definition) is 4. The topological polar surface area (TPSA) is 69.6 Å². The van der Waals surface area contributed by atoms with Crippen LogP contribution in [0.1, 0.15) is 17.0 Å². The molecule has 5 nitrogen and oxygen atoms in total. The number of nitrogens with zero attached hydrogens (tertiary/aromatic N) is 4. The molecule has 3 aromatic rings. The van der Waals surface area contributed by atoms with Crippen LogP contribution in [0.4, 0.5) is 0 Å². The fourth-order valence-electron chi connectivity index (χ4n) is 2.34. The van der Waals surface area contributed by atoms with E-state index < -0.39 is 0 Å². The van der Waals surface area contributed by atoms with Gasteiger partial charge in [0.2, 0.25) is 0 Å². The molecule has 0 aliphatic heterocycles.